The number of rotatable bonds is 2. The van der Waals surface area contributed by atoms with Crippen LogP contribution in [0.15, 0.2) is 18.2 Å². The highest BCUT2D eigenvalue weighted by Gasteiger charge is 2.59. The summed E-state index contributed by atoms with van der Waals surface area (Å²) in [7, 11) is 1.70. The Labute approximate surface area is 101 Å². The molecule has 2 nitrogen and oxygen atoms in total. The highest BCUT2D eigenvalue weighted by molar-refractivity contribution is 6.30. The molecule has 1 saturated carbocycles. The van der Waals surface area contributed by atoms with Gasteiger partial charge in [0.1, 0.15) is 11.4 Å². The van der Waals surface area contributed by atoms with E-state index in [0.717, 1.165) is 29.2 Å². The summed E-state index contributed by atoms with van der Waals surface area (Å²) >= 11 is 6.06. The Morgan fingerprint density at radius 2 is 2.31 bits per heavy atom. The van der Waals surface area contributed by atoms with Gasteiger partial charge in [0.05, 0.1) is 13.2 Å². The summed E-state index contributed by atoms with van der Waals surface area (Å²) in [6.45, 7) is 0. The largest absolute Gasteiger partial charge is 0.496 e. The Balaban J connectivity index is 2.02. The Hall–Kier alpha value is -0.730. The Kier molecular flexibility index (Phi) is 2.37. The second-order valence-electron chi connectivity index (χ2n) is 4.59. The molecule has 1 aromatic carbocycles. The molecule has 3 heteroatoms. The van der Waals surface area contributed by atoms with Crippen molar-refractivity contribution in [2.45, 2.75) is 37.4 Å². The maximum atomic E-state index is 6.06. The van der Waals surface area contributed by atoms with E-state index in [1.54, 1.807) is 7.11 Å². The van der Waals surface area contributed by atoms with Gasteiger partial charge in [-0.2, -0.15) is 0 Å². The van der Waals surface area contributed by atoms with E-state index in [4.69, 9.17) is 21.1 Å². The predicted octanol–water partition coefficient (Wildman–Crippen LogP) is 3.52. The molecule has 0 N–H and O–H groups in total. The quantitative estimate of drug-likeness (QED) is 0.736. The molecule has 1 aliphatic carbocycles. The normalized spacial score (nSPS) is 32.0. The third-order valence-electron chi connectivity index (χ3n) is 3.70. The molecule has 1 saturated heterocycles. The molecule has 1 heterocycles. The topological polar surface area (TPSA) is 21.8 Å². The number of hydrogen-bond donors (Lipinski definition) is 0. The molecule has 0 unspecified atom stereocenters. The van der Waals surface area contributed by atoms with Gasteiger partial charge in [-0.05, 0) is 31.0 Å². The molecule has 0 spiro atoms. The van der Waals surface area contributed by atoms with Gasteiger partial charge < -0.3 is 9.47 Å². The molecule has 2 atom stereocenters. The molecule has 1 aromatic rings. The lowest BCUT2D eigenvalue weighted by Gasteiger charge is -2.20. The average molecular weight is 239 g/mol. The van der Waals surface area contributed by atoms with Crippen LogP contribution in [0.1, 0.15) is 31.2 Å². The van der Waals surface area contributed by atoms with E-state index >= 15 is 0 Å². The van der Waals surface area contributed by atoms with Crippen molar-refractivity contribution in [2.24, 2.45) is 0 Å². The molecule has 86 valence electrons. The first kappa shape index (κ1) is 10.4. The van der Waals surface area contributed by atoms with Crippen LogP contribution in [0.3, 0.4) is 0 Å². The van der Waals surface area contributed by atoms with Gasteiger partial charge in [0.2, 0.25) is 0 Å². The predicted molar refractivity (Wildman–Crippen MR) is 63.0 cm³/mol. The number of methoxy groups -OCH3 is 1. The Bertz CT molecular complexity index is 418. The summed E-state index contributed by atoms with van der Waals surface area (Å²) in [6.07, 6.45) is 5.14. The van der Waals surface area contributed by atoms with Crippen molar-refractivity contribution in [1.82, 2.24) is 0 Å². The van der Waals surface area contributed by atoms with E-state index in [-0.39, 0.29) is 5.60 Å². The second-order valence-corrected chi connectivity index (χ2v) is 5.02. The first-order valence-corrected chi connectivity index (χ1v) is 6.16. The lowest BCUT2D eigenvalue weighted by atomic mass is 9.83. The molecule has 2 aliphatic rings. The highest BCUT2D eigenvalue weighted by atomic mass is 35.5. The monoisotopic (exact) mass is 238 g/mol. The van der Waals surface area contributed by atoms with Crippen LogP contribution in [0.5, 0.6) is 5.75 Å². The molecule has 0 aromatic heterocycles. The summed E-state index contributed by atoms with van der Waals surface area (Å²) in [5.74, 6) is 0.897. The van der Waals surface area contributed by atoms with Crippen molar-refractivity contribution in [3.05, 3.63) is 28.8 Å². The van der Waals surface area contributed by atoms with Gasteiger partial charge in [0.25, 0.3) is 0 Å². The van der Waals surface area contributed by atoms with Crippen LogP contribution in [0.2, 0.25) is 5.02 Å². The van der Waals surface area contributed by atoms with Crippen molar-refractivity contribution in [2.75, 3.05) is 7.11 Å². The fourth-order valence-electron chi connectivity index (χ4n) is 2.83. The van der Waals surface area contributed by atoms with E-state index in [1.807, 2.05) is 18.2 Å². The van der Waals surface area contributed by atoms with Crippen LogP contribution in [0.25, 0.3) is 0 Å². The van der Waals surface area contributed by atoms with Crippen LogP contribution in [-0.2, 0) is 10.3 Å². The minimum absolute atomic E-state index is 0.0888. The molecule has 1 aliphatic heterocycles. The fraction of sp³-hybridized carbons (Fsp3) is 0.538. The third kappa shape index (κ3) is 1.44. The number of halogens is 1. The lowest BCUT2D eigenvalue weighted by molar-refractivity contribution is 0.280. The SMILES string of the molecule is COc1ccc(Cl)cc1[C@@]12CCCC[C@@H]1O2. The van der Waals surface area contributed by atoms with Gasteiger partial charge in [-0.3, -0.25) is 0 Å². The Morgan fingerprint density at radius 3 is 3.06 bits per heavy atom. The molecule has 0 bridgehead atoms. The van der Waals surface area contributed by atoms with E-state index in [9.17, 15) is 0 Å². The average Bonchev–Trinajstić information content (AvgIpc) is 3.04. The number of fused-ring (bicyclic) bond motifs is 1. The zero-order valence-corrected chi connectivity index (χ0v) is 10.1. The first-order chi connectivity index (χ1) is 7.76. The molecule has 0 amide bonds. The zero-order valence-electron chi connectivity index (χ0n) is 9.33. The summed E-state index contributed by atoms with van der Waals surface area (Å²) in [5.41, 5.74) is 1.04. The van der Waals surface area contributed by atoms with Gasteiger partial charge in [0, 0.05) is 10.6 Å². The molecular formula is C13H15ClO2. The van der Waals surface area contributed by atoms with Crippen molar-refractivity contribution >= 4 is 11.6 Å². The van der Waals surface area contributed by atoms with Crippen LogP contribution < -0.4 is 4.74 Å². The molecule has 0 radical (unpaired) electrons. The van der Waals surface area contributed by atoms with Gasteiger partial charge in [0.15, 0.2) is 0 Å². The summed E-state index contributed by atoms with van der Waals surface area (Å²) in [6, 6.07) is 5.78. The molecular weight excluding hydrogens is 224 g/mol. The fourth-order valence-corrected chi connectivity index (χ4v) is 3.00. The Morgan fingerprint density at radius 1 is 1.44 bits per heavy atom. The van der Waals surface area contributed by atoms with Crippen LogP contribution >= 0.6 is 11.6 Å². The van der Waals surface area contributed by atoms with E-state index in [1.165, 1.54) is 12.8 Å². The minimum Gasteiger partial charge on any atom is -0.496 e. The number of benzene rings is 1. The van der Waals surface area contributed by atoms with Crippen molar-refractivity contribution in [3.63, 3.8) is 0 Å². The molecule has 16 heavy (non-hydrogen) atoms. The third-order valence-corrected chi connectivity index (χ3v) is 3.93. The van der Waals surface area contributed by atoms with Gasteiger partial charge in [-0.25, -0.2) is 0 Å². The van der Waals surface area contributed by atoms with E-state index < -0.39 is 0 Å². The number of epoxide rings is 1. The maximum absolute atomic E-state index is 6.06. The van der Waals surface area contributed by atoms with Gasteiger partial charge >= 0.3 is 0 Å². The van der Waals surface area contributed by atoms with Gasteiger partial charge in [-0.1, -0.05) is 24.4 Å². The maximum Gasteiger partial charge on any atom is 0.125 e. The second kappa shape index (κ2) is 3.64. The minimum atomic E-state index is -0.0888. The van der Waals surface area contributed by atoms with Crippen LogP contribution in [0, 0.1) is 0 Å². The summed E-state index contributed by atoms with van der Waals surface area (Å²) in [5, 5.41) is 0.755. The standard InChI is InChI=1S/C13H15ClO2/c1-15-11-6-5-9(14)8-10(11)13-7-3-2-4-12(13)16-13/h5-6,8,12H,2-4,7H2,1H3/t12-,13-/m0/s1. The zero-order chi connectivity index (χ0) is 11.2. The number of hydrogen-bond acceptors (Lipinski definition) is 2. The van der Waals surface area contributed by atoms with Crippen LogP contribution in [-0.4, -0.2) is 13.2 Å². The molecule has 2 fully saturated rings. The molecule has 3 rings (SSSR count). The lowest BCUT2D eigenvalue weighted by Crippen LogP contribution is -2.18. The van der Waals surface area contributed by atoms with Crippen molar-refractivity contribution < 1.29 is 9.47 Å². The number of ether oxygens (including phenoxy) is 2. The smallest absolute Gasteiger partial charge is 0.125 e. The van der Waals surface area contributed by atoms with Crippen molar-refractivity contribution in [3.8, 4) is 5.75 Å². The van der Waals surface area contributed by atoms with E-state index in [2.05, 4.69) is 0 Å². The van der Waals surface area contributed by atoms with Crippen LogP contribution in [0.4, 0.5) is 0 Å². The summed E-state index contributed by atoms with van der Waals surface area (Å²) < 4.78 is 11.3. The van der Waals surface area contributed by atoms with Gasteiger partial charge in [-0.15, -0.1) is 0 Å². The summed E-state index contributed by atoms with van der Waals surface area (Å²) in [4.78, 5) is 0. The highest BCUT2D eigenvalue weighted by Crippen LogP contribution is 2.57. The van der Waals surface area contributed by atoms with E-state index in [0.29, 0.717) is 6.10 Å². The first-order valence-electron chi connectivity index (χ1n) is 5.78. The van der Waals surface area contributed by atoms with Crippen molar-refractivity contribution in [1.29, 1.82) is 0 Å².